The van der Waals surface area contributed by atoms with Crippen LogP contribution >= 0.6 is 0 Å². The summed E-state index contributed by atoms with van der Waals surface area (Å²) >= 11 is 0. The number of benzene rings is 1. The summed E-state index contributed by atoms with van der Waals surface area (Å²) in [5, 5.41) is 11.8. The highest BCUT2D eigenvalue weighted by molar-refractivity contribution is 5.89. The normalized spacial score (nSPS) is 10.9. The van der Waals surface area contributed by atoms with E-state index in [1.807, 2.05) is 12.1 Å². The Balaban J connectivity index is 2.03. The van der Waals surface area contributed by atoms with Gasteiger partial charge in [0.05, 0.1) is 25.4 Å². The third-order valence-corrected chi connectivity index (χ3v) is 5.13. The minimum absolute atomic E-state index is 0.195. The van der Waals surface area contributed by atoms with E-state index in [1.165, 1.54) is 38.5 Å². The van der Waals surface area contributed by atoms with Gasteiger partial charge in [0.15, 0.2) is 0 Å². The minimum atomic E-state index is -0.262. The fraction of sp³-hybridized carbons (Fsp3) is 0.720. The van der Waals surface area contributed by atoms with Crippen LogP contribution in [0.4, 0.5) is 0 Å². The predicted molar refractivity (Wildman–Crippen MR) is 123 cm³/mol. The lowest BCUT2D eigenvalue weighted by molar-refractivity contribution is 0.0497. The first-order valence-electron chi connectivity index (χ1n) is 12.0. The molecule has 0 fully saturated rings. The van der Waals surface area contributed by atoms with Crippen LogP contribution in [0.2, 0.25) is 0 Å². The van der Waals surface area contributed by atoms with E-state index >= 15 is 0 Å². The number of carbonyl (C=O) groups excluding carboxylic acids is 1. The van der Waals surface area contributed by atoms with Gasteiger partial charge in [-0.15, -0.1) is 0 Å². The number of nitrogens with one attached hydrogen (secondary N) is 1. The fourth-order valence-electron chi connectivity index (χ4n) is 3.27. The summed E-state index contributed by atoms with van der Waals surface area (Å²) in [6.07, 6.45) is 14.3. The van der Waals surface area contributed by atoms with Gasteiger partial charge in [-0.25, -0.2) is 4.79 Å². The molecule has 0 bridgehead atoms. The predicted octanol–water partition coefficient (Wildman–Crippen LogP) is 5.51. The highest BCUT2D eigenvalue weighted by Crippen LogP contribution is 2.14. The molecule has 0 spiro atoms. The number of unbranched alkanes of at least 4 members (excludes halogenated alkanes) is 10. The molecular weight excluding hydrogens is 378 g/mol. The van der Waals surface area contributed by atoms with Gasteiger partial charge in [0.1, 0.15) is 5.75 Å². The maximum Gasteiger partial charge on any atom is 0.338 e. The van der Waals surface area contributed by atoms with E-state index in [2.05, 4.69) is 12.2 Å². The molecule has 0 amide bonds. The van der Waals surface area contributed by atoms with Crippen LogP contribution in [0.5, 0.6) is 5.75 Å². The summed E-state index contributed by atoms with van der Waals surface area (Å²) in [5.74, 6) is 0.549. The van der Waals surface area contributed by atoms with Crippen molar-refractivity contribution >= 4 is 5.97 Å². The number of hydrogen-bond acceptors (Lipinski definition) is 5. The molecule has 0 atom stereocenters. The van der Waals surface area contributed by atoms with Crippen LogP contribution in [0.3, 0.4) is 0 Å². The van der Waals surface area contributed by atoms with Gasteiger partial charge < -0.3 is 19.9 Å². The molecule has 1 aromatic carbocycles. The van der Waals surface area contributed by atoms with Crippen LogP contribution < -0.4 is 10.1 Å². The highest BCUT2D eigenvalue weighted by Gasteiger charge is 2.07. The van der Waals surface area contributed by atoms with Crippen molar-refractivity contribution in [3.05, 3.63) is 29.8 Å². The molecule has 2 N–H and O–H groups in total. The molecule has 0 aliphatic rings. The van der Waals surface area contributed by atoms with Crippen molar-refractivity contribution in [2.45, 2.75) is 84.0 Å². The maximum atomic E-state index is 12.1. The van der Waals surface area contributed by atoms with Gasteiger partial charge >= 0.3 is 5.97 Å². The molecule has 1 aromatic rings. The molecule has 0 aliphatic carbocycles. The Kier molecular flexibility index (Phi) is 17.1. The van der Waals surface area contributed by atoms with E-state index in [1.54, 1.807) is 12.1 Å². The number of hydrogen-bond donors (Lipinski definition) is 2. The molecule has 0 heterocycles. The third-order valence-electron chi connectivity index (χ3n) is 5.13. The zero-order chi connectivity index (χ0) is 21.7. The highest BCUT2D eigenvalue weighted by atomic mass is 16.5. The van der Waals surface area contributed by atoms with E-state index in [-0.39, 0.29) is 12.6 Å². The van der Waals surface area contributed by atoms with Crippen molar-refractivity contribution < 1.29 is 19.4 Å². The lowest BCUT2D eigenvalue weighted by Crippen LogP contribution is -2.19. The van der Waals surface area contributed by atoms with Gasteiger partial charge in [-0.3, -0.25) is 0 Å². The van der Waals surface area contributed by atoms with Gasteiger partial charge in [0, 0.05) is 6.54 Å². The topological polar surface area (TPSA) is 67.8 Å². The van der Waals surface area contributed by atoms with E-state index < -0.39 is 0 Å². The van der Waals surface area contributed by atoms with E-state index in [4.69, 9.17) is 14.6 Å². The lowest BCUT2D eigenvalue weighted by atomic mass is 10.1. The molecular formula is C25H43NO4. The fourth-order valence-corrected chi connectivity index (χ4v) is 3.27. The van der Waals surface area contributed by atoms with E-state index in [0.717, 1.165) is 57.4 Å². The second kappa shape index (κ2) is 19.4. The number of aliphatic hydroxyl groups is 1. The van der Waals surface area contributed by atoms with Crippen LogP contribution in [-0.2, 0) is 4.74 Å². The molecule has 0 saturated carbocycles. The monoisotopic (exact) mass is 421 g/mol. The zero-order valence-corrected chi connectivity index (χ0v) is 19.0. The summed E-state index contributed by atoms with van der Waals surface area (Å²) in [6.45, 7) is 5.26. The molecule has 0 unspecified atom stereocenters. The largest absolute Gasteiger partial charge is 0.494 e. The van der Waals surface area contributed by atoms with Crippen molar-refractivity contribution in [2.75, 3.05) is 32.9 Å². The van der Waals surface area contributed by atoms with Crippen molar-refractivity contribution in [1.82, 2.24) is 5.32 Å². The average Bonchev–Trinajstić information content (AvgIpc) is 2.77. The van der Waals surface area contributed by atoms with Crippen molar-refractivity contribution in [2.24, 2.45) is 0 Å². The van der Waals surface area contributed by atoms with Crippen LogP contribution in [-0.4, -0.2) is 44.0 Å². The average molecular weight is 422 g/mol. The standard InChI is InChI=1S/C25H43NO4/c1-2-3-4-5-6-9-12-21-29-24-16-14-23(15-17-24)25(28)30-22-13-10-7-8-11-18-26-19-20-27/h14-17,26-27H,2-13,18-22H2,1H3. The van der Waals surface area contributed by atoms with Crippen LogP contribution in [0, 0.1) is 0 Å². The number of aliphatic hydroxyl groups excluding tert-OH is 1. The molecule has 30 heavy (non-hydrogen) atoms. The molecule has 0 radical (unpaired) electrons. The number of carbonyl (C=O) groups is 1. The van der Waals surface area contributed by atoms with Crippen LogP contribution in [0.1, 0.15) is 94.3 Å². The number of ether oxygens (including phenoxy) is 2. The molecule has 0 aliphatic heterocycles. The Morgan fingerprint density at radius 1 is 0.800 bits per heavy atom. The second-order valence-electron chi connectivity index (χ2n) is 7.87. The second-order valence-corrected chi connectivity index (χ2v) is 7.87. The van der Waals surface area contributed by atoms with Crippen LogP contribution in [0.25, 0.3) is 0 Å². The first-order chi connectivity index (χ1) is 14.8. The molecule has 5 heteroatoms. The number of esters is 1. The summed E-state index contributed by atoms with van der Waals surface area (Å²) in [4.78, 5) is 12.1. The van der Waals surface area contributed by atoms with Gasteiger partial charge in [-0.2, -0.15) is 0 Å². The zero-order valence-electron chi connectivity index (χ0n) is 19.0. The molecule has 5 nitrogen and oxygen atoms in total. The quantitative estimate of drug-likeness (QED) is 0.215. The molecule has 0 saturated heterocycles. The molecule has 172 valence electrons. The van der Waals surface area contributed by atoms with Gasteiger partial charge in [0.25, 0.3) is 0 Å². The summed E-state index contributed by atoms with van der Waals surface area (Å²) in [7, 11) is 0. The maximum absolute atomic E-state index is 12.1. The Labute approximate surface area is 183 Å². The van der Waals surface area contributed by atoms with Gasteiger partial charge in [0.2, 0.25) is 0 Å². The van der Waals surface area contributed by atoms with Crippen LogP contribution in [0.15, 0.2) is 24.3 Å². The Morgan fingerprint density at radius 3 is 2.07 bits per heavy atom. The molecule has 0 aromatic heterocycles. The van der Waals surface area contributed by atoms with Gasteiger partial charge in [-0.1, -0.05) is 64.7 Å². The molecule has 1 rings (SSSR count). The van der Waals surface area contributed by atoms with E-state index in [9.17, 15) is 4.79 Å². The first-order valence-corrected chi connectivity index (χ1v) is 12.0. The first kappa shape index (κ1) is 26.4. The van der Waals surface area contributed by atoms with Crippen molar-refractivity contribution in [1.29, 1.82) is 0 Å². The third kappa shape index (κ3) is 14.4. The van der Waals surface area contributed by atoms with E-state index in [0.29, 0.717) is 18.7 Å². The van der Waals surface area contributed by atoms with Crippen molar-refractivity contribution in [3.63, 3.8) is 0 Å². The summed E-state index contributed by atoms with van der Waals surface area (Å²) in [6, 6.07) is 7.26. The Hall–Kier alpha value is -1.59. The Morgan fingerprint density at radius 2 is 1.40 bits per heavy atom. The van der Waals surface area contributed by atoms with Gasteiger partial charge in [-0.05, 0) is 50.1 Å². The number of rotatable bonds is 20. The summed E-state index contributed by atoms with van der Waals surface area (Å²) < 4.78 is 11.1. The lowest BCUT2D eigenvalue weighted by Gasteiger charge is -2.08. The smallest absolute Gasteiger partial charge is 0.338 e. The summed E-state index contributed by atoms with van der Waals surface area (Å²) in [5.41, 5.74) is 0.577. The SMILES string of the molecule is CCCCCCCCCOc1ccc(C(=O)OCCCCCCCNCCO)cc1. The minimum Gasteiger partial charge on any atom is -0.494 e. The Bertz CT molecular complexity index is 518. The van der Waals surface area contributed by atoms with Crippen molar-refractivity contribution in [3.8, 4) is 5.75 Å².